The summed E-state index contributed by atoms with van der Waals surface area (Å²) in [4.78, 5) is 14.0. The molecule has 2 rings (SSSR count). The van der Waals surface area contributed by atoms with E-state index in [1.54, 1.807) is 25.1 Å². The normalized spacial score (nSPS) is 11.8. The van der Waals surface area contributed by atoms with Gasteiger partial charge in [-0.25, -0.2) is 4.39 Å². The van der Waals surface area contributed by atoms with Crippen LogP contribution < -0.4 is 4.74 Å². The van der Waals surface area contributed by atoms with Crippen molar-refractivity contribution in [3.05, 3.63) is 65.5 Å². The van der Waals surface area contributed by atoms with Crippen LogP contribution in [0.3, 0.4) is 0 Å². The third-order valence-corrected chi connectivity index (χ3v) is 3.57. The molecular weight excluding hydrogens is 269 g/mol. The van der Waals surface area contributed by atoms with Crippen molar-refractivity contribution in [2.75, 3.05) is 14.2 Å². The molecule has 1 amide bonds. The van der Waals surface area contributed by atoms with Crippen LogP contribution in [0.2, 0.25) is 0 Å². The maximum Gasteiger partial charge on any atom is 0.254 e. The molecule has 0 saturated heterocycles. The number of hydrogen-bond acceptors (Lipinski definition) is 2. The average Bonchev–Trinajstić information content (AvgIpc) is 2.53. The van der Waals surface area contributed by atoms with Gasteiger partial charge < -0.3 is 9.64 Å². The number of carbonyl (C=O) groups is 1. The summed E-state index contributed by atoms with van der Waals surface area (Å²) in [5, 5.41) is 0. The highest BCUT2D eigenvalue weighted by molar-refractivity contribution is 5.94. The SMILES string of the molecule is COc1ccc(C(C)N(C)C(=O)c2cccc(F)c2)cc1. The number of carbonyl (C=O) groups excluding carboxylic acids is 1. The lowest BCUT2D eigenvalue weighted by molar-refractivity contribution is 0.0742. The maximum atomic E-state index is 13.2. The minimum Gasteiger partial charge on any atom is -0.497 e. The Morgan fingerprint density at radius 1 is 1.19 bits per heavy atom. The second-order valence-corrected chi connectivity index (χ2v) is 4.88. The Labute approximate surface area is 124 Å². The Morgan fingerprint density at radius 3 is 2.43 bits per heavy atom. The predicted molar refractivity (Wildman–Crippen MR) is 79.9 cm³/mol. The number of rotatable bonds is 4. The van der Waals surface area contributed by atoms with Crippen LogP contribution in [-0.2, 0) is 0 Å². The fraction of sp³-hybridized carbons (Fsp3) is 0.235. The largest absolute Gasteiger partial charge is 0.497 e. The van der Waals surface area contributed by atoms with Crippen molar-refractivity contribution in [1.29, 1.82) is 0 Å². The van der Waals surface area contributed by atoms with Crippen molar-refractivity contribution in [3.8, 4) is 5.75 Å². The summed E-state index contributed by atoms with van der Waals surface area (Å²) in [6.07, 6.45) is 0. The molecule has 0 aliphatic carbocycles. The van der Waals surface area contributed by atoms with Gasteiger partial charge in [0.05, 0.1) is 13.2 Å². The van der Waals surface area contributed by atoms with Crippen LogP contribution in [0.15, 0.2) is 48.5 Å². The van der Waals surface area contributed by atoms with Crippen LogP contribution >= 0.6 is 0 Å². The summed E-state index contributed by atoms with van der Waals surface area (Å²) in [5.74, 6) is 0.147. The molecule has 0 radical (unpaired) electrons. The third kappa shape index (κ3) is 3.40. The molecule has 21 heavy (non-hydrogen) atoms. The van der Waals surface area contributed by atoms with Crippen LogP contribution in [0.25, 0.3) is 0 Å². The smallest absolute Gasteiger partial charge is 0.254 e. The Balaban J connectivity index is 2.17. The summed E-state index contributed by atoms with van der Waals surface area (Å²) >= 11 is 0. The molecular formula is C17H18FNO2. The number of ether oxygens (including phenoxy) is 1. The standard InChI is InChI=1S/C17H18FNO2/c1-12(13-7-9-16(21-3)10-8-13)19(2)17(20)14-5-4-6-15(18)11-14/h4-12H,1-3H3. The van der Waals surface area contributed by atoms with E-state index in [1.807, 2.05) is 31.2 Å². The Hall–Kier alpha value is -2.36. The highest BCUT2D eigenvalue weighted by atomic mass is 19.1. The summed E-state index contributed by atoms with van der Waals surface area (Å²) < 4.78 is 18.3. The highest BCUT2D eigenvalue weighted by Crippen LogP contribution is 2.23. The fourth-order valence-corrected chi connectivity index (χ4v) is 2.11. The molecule has 2 aromatic rings. The van der Waals surface area contributed by atoms with E-state index in [9.17, 15) is 9.18 Å². The first-order chi connectivity index (χ1) is 10.0. The van der Waals surface area contributed by atoms with Crippen molar-refractivity contribution >= 4 is 5.91 Å². The molecule has 0 fully saturated rings. The first-order valence-electron chi connectivity index (χ1n) is 6.69. The van der Waals surface area contributed by atoms with Crippen LogP contribution in [0.4, 0.5) is 4.39 Å². The molecule has 0 aliphatic rings. The fourth-order valence-electron chi connectivity index (χ4n) is 2.11. The first-order valence-corrected chi connectivity index (χ1v) is 6.69. The van der Waals surface area contributed by atoms with E-state index in [1.165, 1.54) is 18.2 Å². The Morgan fingerprint density at radius 2 is 1.86 bits per heavy atom. The molecule has 0 heterocycles. The molecule has 0 aromatic heterocycles. The van der Waals surface area contributed by atoms with E-state index in [-0.39, 0.29) is 11.9 Å². The lowest BCUT2D eigenvalue weighted by atomic mass is 10.1. The Kier molecular flexibility index (Phi) is 4.58. The van der Waals surface area contributed by atoms with Gasteiger partial charge in [0.1, 0.15) is 11.6 Å². The van der Waals surface area contributed by atoms with E-state index < -0.39 is 5.82 Å². The zero-order chi connectivity index (χ0) is 15.4. The molecule has 4 heteroatoms. The monoisotopic (exact) mass is 287 g/mol. The van der Waals surface area contributed by atoms with E-state index in [0.29, 0.717) is 5.56 Å². The van der Waals surface area contributed by atoms with Crippen LogP contribution in [0.5, 0.6) is 5.75 Å². The van der Waals surface area contributed by atoms with Crippen molar-refractivity contribution in [1.82, 2.24) is 4.90 Å². The Bertz CT molecular complexity index is 625. The number of amides is 1. The summed E-state index contributed by atoms with van der Waals surface area (Å²) in [7, 11) is 3.32. The van der Waals surface area contributed by atoms with Gasteiger partial charge in [-0.3, -0.25) is 4.79 Å². The van der Waals surface area contributed by atoms with Gasteiger partial charge in [0.2, 0.25) is 0 Å². The molecule has 3 nitrogen and oxygen atoms in total. The minimum atomic E-state index is -0.411. The number of methoxy groups -OCH3 is 1. The van der Waals surface area contributed by atoms with Gasteiger partial charge in [0.25, 0.3) is 5.91 Å². The molecule has 0 spiro atoms. The first kappa shape index (κ1) is 15.0. The van der Waals surface area contributed by atoms with Gasteiger partial charge in [-0.05, 0) is 42.8 Å². The van der Waals surface area contributed by atoms with Crippen LogP contribution in [-0.4, -0.2) is 25.0 Å². The summed E-state index contributed by atoms with van der Waals surface area (Å²) in [5.41, 5.74) is 1.33. The third-order valence-electron chi connectivity index (χ3n) is 3.57. The second-order valence-electron chi connectivity index (χ2n) is 4.88. The lowest BCUT2D eigenvalue weighted by Gasteiger charge is -2.25. The molecule has 0 aliphatic heterocycles. The van der Waals surface area contributed by atoms with Gasteiger partial charge in [-0.1, -0.05) is 18.2 Å². The highest BCUT2D eigenvalue weighted by Gasteiger charge is 2.19. The molecule has 1 unspecified atom stereocenters. The van der Waals surface area contributed by atoms with Gasteiger partial charge in [0, 0.05) is 12.6 Å². The predicted octanol–water partition coefficient (Wildman–Crippen LogP) is 3.67. The quantitative estimate of drug-likeness (QED) is 0.858. The minimum absolute atomic E-state index is 0.119. The van der Waals surface area contributed by atoms with Crippen molar-refractivity contribution < 1.29 is 13.9 Å². The number of halogens is 1. The molecule has 110 valence electrons. The maximum absolute atomic E-state index is 13.2. The molecule has 2 aromatic carbocycles. The van der Waals surface area contributed by atoms with E-state index in [4.69, 9.17) is 4.74 Å². The topological polar surface area (TPSA) is 29.5 Å². The van der Waals surface area contributed by atoms with Gasteiger partial charge >= 0.3 is 0 Å². The lowest BCUT2D eigenvalue weighted by Crippen LogP contribution is -2.29. The summed E-state index contributed by atoms with van der Waals surface area (Å²) in [6, 6.07) is 13.1. The van der Waals surface area contributed by atoms with E-state index in [2.05, 4.69) is 0 Å². The zero-order valence-corrected chi connectivity index (χ0v) is 12.3. The van der Waals surface area contributed by atoms with Crippen LogP contribution in [0, 0.1) is 5.82 Å². The average molecular weight is 287 g/mol. The number of benzene rings is 2. The molecule has 1 atom stereocenters. The van der Waals surface area contributed by atoms with Crippen LogP contribution in [0.1, 0.15) is 28.9 Å². The summed E-state index contributed by atoms with van der Waals surface area (Å²) in [6.45, 7) is 1.93. The number of hydrogen-bond donors (Lipinski definition) is 0. The molecule has 0 saturated carbocycles. The van der Waals surface area contributed by atoms with Gasteiger partial charge in [0.15, 0.2) is 0 Å². The van der Waals surface area contributed by atoms with Gasteiger partial charge in [-0.2, -0.15) is 0 Å². The van der Waals surface area contributed by atoms with Crippen molar-refractivity contribution in [3.63, 3.8) is 0 Å². The number of nitrogens with zero attached hydrogens (tertiary/aromatic N) is 1. The van der Waals surface area contributed by atoms with Gasteiger partial charge in [-0.15, -0.1) is 0 Å². The second kappa shape index (κ2) is 6.39. The van der Waals surface area contributed by atoms with Crippen molar-refractivity contribution in [2.24, 2.45) is 0 Å². The van der Waals surface area contributed by atoms with E-state index in [0.717, 1.165) is 11.3 Å². The zero-order valence-electron chi connectivity index (χ0n) is 12.3. The molecule has 0 bridgehead atoms. The molecule has 0 N–H and O–H groups in total. The van der Waals surface area contributed by atoms with Crippen molar-refractivity contribution in [2.45, 2.75) is 13.0 Å². The van der Waals surface area contributed by atoms with E-state index >= 15 is 0 Å².